The molecule has 2 rings (SSSR count). The highest BCUT2D eigenvalue weighted by atomic mass is 32.2. The molecule has 1 N–H and O–H groups in total. The van der Waals surface area contributed by atoms with Crippen LogP contribution in [0.3, 0.4) is 0 Å². The van der Waals surface area contributed by atoms with E-state index in [0.29, 0.717) is 0 Å². The largest absolute Gasteiger partial charge is 0.468 e. The monoisotopic (exact) mass is 473 g/mol. The number of esters is 1. The quantitative estimate of drug-likeness (QED) is 0.510. The van der Waals surface area contributed by atoms with Gasteiger partial charge in [-0.05, 0) is 42.3 Å². The van der Waals surface area contributed by atoms with Crippen molar-refractivity contribution in [2.75, 3.05) is 7.11 Å². The van der Waals surface area contributed by atoms with Crippen molar-refractivity contribution >= 4 is 16.0 Å². The Kier molecular flexibility index (Phi) is 7.00. The van der Waals surface area contributed by atoms with Crippen molar-refractivity contribution in [1.82, 2.24) is 4.72 Å². The second-order valence-corrected chi connectivity index (χ2v) is 7.98. The van der Waals surface area contributed by atoms with E-state index in [2.05, 4.69) is 4.74 Å². The number of rotatable bonds is 6. The summed E-state index contributed by atoms with van der Waals surface area (Å²) in [6, 6.07) is 2.56. The van der Waals surface area contributed by atoms with Crippen LogP contribution in [0.4, 0.5) is 30.7 Å². The SMILES string of the molecule is COC(=O)C(Cc1ccc(F)cc1)NS(=O)(=O)c1cc(C(F)(F)F)cc(C(F)(F)F)c1. The van der Waals surface area contributed by atoms with Crippen molar-refractivity contribution in [3.05, 3.63) is 65.0 Å². The molecule has 0 spiro atoms. The lowest BCUT2D eigenvalue weighted by Crippen LogP contribution is -2.43. The van der Waals surface area contributed by atoms with E-state index in [1.165, 1.54) is 12.1 Å². The molecule has 0 fully saturated rings. The number of carbonyl (C=O) groups excluding carboxylic acids is 1. The summed E-state index contributed by atoms with van der Waals surface area (Å²) in [6.45, 7) is 0. The number of alkyl halides is 6. The fourth-order valence-corrected chi connectivity index (χ4v) is 3.76. The predicted octanol–water partition coefficient (Wildman–Crippen LogP) is 3.93. The molecule has 2 aromatic carbocycles. The Labute approximate surface area is 171 Å². The zero-order valence-electron chi connectivity index (χ0n) is 15.5. The van der Waals surface area contributed by atoms with Gasteiger partial charge in [0.25, 0.3) is 0 Å². The lowest BCUT2D eigenvalue weighted by atomic mass is 10.1. The van der Waals surface area contributed by atoms with Crippen LogP contribution < -0.4 is 4.72 Å². The van der Waals surface area contributed by atoms with E-state index in [1.54, 1.807) is 4.72 Å². The molecule has 0 aliphatic heterocycles. The van der Waals surface area contributed by atoms with Crippen LogP contribution in [0.25, 0.3) is 0 Å². The molecule has 170 valence electrons. The Morgan fingerprint density at radius 1 is 0.968 bits per heavy atom. The Morgan fingerprint density at radius 3 is 1.87 bits per heavy atom. The molecule has 13 heteroatoms. The summed E-state index contributed by atoms with van der Waals surface area (Å²) in [5.74, 6) is -1.78. The number of benzene rings is 2. The molecule has 0 radical (unpaired) electrons. The first kappa shape index (κ1) is 24.6. The van der Waals surface area contributed by atoms with E-state index >= 15 is 0 Å². The topological polar surface area (TPSA) is 72.5 Å². The fourth-order valence-electron chi connectivity index (χ4n) is 2.51. The van der Waals surface area contributed by atoms with Gasteiger partial charge in [-0.15, -0.1) is 0 Å². The number of ether oxygens (including phenoxy) is 1. The average Bonchev–Trinajstić information content (AvgIpc) is 2.66. The van der Waals surface area contributed by atoms with E-state index in [-0.39, 0.29) is 23.8 Å². The summed E-state index contributed by atoms with van der Waals surface area (Å²) >= 11 is 0. The lowest BCUT2D eigenvalue weighted by molar-refractivity contribution is -0.144. The van der Waals surface area contributed by atoms with Crippen LogP contribution in [0.2, 0.25) is 0 Å². The molecule has 0 aromatic heterocycles. The first-order chi connectivity index (χ1) is 14.1. The number of nitrogens with one attached hydrogen (secondary N) is 1. The van der Waals surface area contributed by atoms with Crippen molar-refractivity contribution in [3.63, 3.8) is 0 Å². The highest BCUT2D eigenvalue weighted by Gasteiger charge is 2.39. The third-order valence-corrected chi connectivity index (χ3v) is 5.46. The van der Waals surface area contributed by atoms with Crippen LogP contribution in [0, 0.1) is 5.82 Å². The van der Waals surface area contributed by atoms with Gasteiger partial charge in [0.1, 0.15) is 11.9 Å². The highest BCUT2D eigenvalue weighted by molar-refractivity contribution is 7.89. The van der Waals surface area contributed by atoms with Crippen molar-refractivity contribution < 1.29 is 48.7 Å². The second-order valence-electron chi connectivity index (χ2n) is 6.27. The maximum atomic E-state index is 13.0. The maximum absolute atomic E-state index is 13.0. The zero-order chi connectivity index (χ0) is 23.6. The van der Waals surface area contributed by atoms with E-state index in [4.69, 9.17) is 0 Å². The molecule has 0 saturated heterocycles. The number of carbonyl (C=O) groups is 1. The van der Waals surface area contributed by atoms with Crippen molar-refractivity contribution in [2.45, 2.75) is 29.7 Å². The van der Waals surface area contributed by atoms with E-state index in [0.717, 1.165) is 19.2 Å². The summed E-state index contributed by atoms with van der Waals surface area (Å²) in [5.41, 5.74) is -3.42. The standard InChI is InChI=1S/C18H14F7NO4S/c1-30-16(27)15(6-10-2-4-13(19)5-3-10)26-31(28,29)14-8-11(17(20,21)22)7-12(9-14)18(23,24)25/h2-5,7-9,15,26H,6H2,1H3. The molecule has 0 aliphatic carbocycles. The fraction of sp³-hybridized carbons (Fsp3) is 0.278. The van der Waals surface area contributed by atoms with Gasteiger partial charge in [0, 0.05) is 0 Å². The lowest BCUT2D eigenvalue weighted by Gasteiger charge is -2.19. The summed E-state index contributed by atoms with van der Waals surface area (Å²) in [6.07, 6.45) is -10.9. The van der Waals surface area contributed by atoms with Gasteiger partial charge in [-0.2, -0.15) is 31.1 Å². The number of hydrogen-bond acceptors (Lipinski definition) is 4. The predicted molar refractivity (Wildman–Crippen MR) is 92.7 cm³/mol. The first-order valence-corrected chi connectivity index (χ1v) is 9.76. The van der Waals surface area contributed by atoms with Crippen molar-refractivity contribution in [3.8, 4) is 0 Å². The highest BCUT2D eigenvalue weighted by Crippen LogP contribution is 2.37. The minimum absolute atomic E-state index is 0.0177. The molecule has 0 amide bonds. The minimum Gasteiger partial charge on any atom is -0.468 e. The van der Waals surface area contributed by atoms with Gasteiger partial charge in [0.15, 0.2) is 0 Å². The van der Waals surface area contributed by atoms with Crippen LogP contribution >= 0.6 is 0 Å². The molecule has 0 aliphatic rings. The van der Waals surface area contributed by atoms with Crippen LogP contribution in [0.1, 0.15) is 16.7 Å². The second kappa shape index (κ2) is 8.83. The molecule has 0 saturated carbocycles. The van der Waals surface area contributed by atoms with Gasteiger partial charge in [0.2, 0.25) is 10.0 Å². The van der Waals surface area contributed by atoms with Crippen LogP contribution in [-0.4, -0.2) is 27.5 Å². The molecule has 0 heterocycles. The van der Waals surface area contributed by atoms with Gasteiger partial charge in [-0.3, -0.25) is 4.79 Å². The average molecular weight is 473 g/mol. The minimum atomic E-state index is -5.26. The summed E-state index contributed by atoms with van der Waals surface area (Å²) in [5, 5.41) is 0. The molecular formula is C18H14F7NO4S. The van der Waals surface area contributed by atoms with E-state index in [1.807, 2.05) is 0 Å². The molecule has 1 atom stereocenters. The van der Waals surface area contributed by atoms with E-state index < -0.39 is 62.6 Å². The zero-order valence-corrected chi connectivity index (χ0v) is 16.3. The van der Waals surface area contributed by atoms with Crippen LogP contribution in [0.15, 0.2) is 47.4 Å². The van der Waals surface area contributed by atoms with Gasteiger partial charge < -0.3 is 4.74 Å². The molecule has 5 nitrogen and oxygen atoms in total. The number of methoxy groups -OCH3 is 1. The van der Waals surface area contributed by atoms with Crippen molar-refractivity contribution in [2.24, 2.45) is 0 Å². The van der Waals surface area contributed by atoms with Gasteiger partial charge in [0.05, 0.1) is 23.1 Å². The molecular weight excluding hydrogens is 459 g/mol. The summed E-state index contributed by atoms with van der Waals surface area (Å²) < 4.78 is 122. The molecule has 31 heavy (non-hydrogen) atoms. The maximum Gasteiger partial charge on any atom is 0.416 e. The van der Waals surface area contributed by atoms with E-state index in [9.17, 15) is 43.9 Å². The Bertz CT molecular complexity index is 1020. The van der Waals surface area contributed by atoms with Crippen LogP contribution in [0.5, 0.6) is 0 Å². The number of halogens is 7. The van der Waals surface area contributed by atoms with Gasteiger partial charge in [-0.1, -0.05) is 12.1 Å². The Morgan fingerprint density at radius 2 is 1.45 bits per heavy atom. The molecule has 1 unspecified atom stereocenters. The smallest absolute Gasteiger partial charge is 0.416 e. The normalized spacial score (nSPS) is 13.7. The van der Waals surface area contributed by atoms with Crippen molar-refractivity contribution in [1.29, 1.82) is 0 Å². The number of sulfonamides is 1. The van der Waals surface area contributed by atoms with Gasteiger partial charge in [-0.25, -0.2) is 12.8 Å². The van der Waals surface area contributed by atoms with Gasteiger partial charge >= 0.3 is 18.3 Å². The number of hydrogen-bond donors (Lipinski definition) is 1. The third-order valence-electron chi connectivity index (χ3n) is 4.01. The molecule has 0 bridgehead atoms. The Hall–Kier alpha value is -2.67. The Balaban J connectivity index is 2.47. The summed E-state index contributed by atoms with van der Waals surface area (Å²) in [4.78, 5) is 10.6. The molecule has 2 aromatic rings. The summed E-state index contributed by atoms with van der Waals surface area (Å²) in [7, 11) is -4.13. The first-order valence-electron chi connectivity index (χ1n) is 8.27. The third kappa shape index (κ3) is 6.40. The van der Waals surface area contributed by atoms with Crippen LogP contribution in [-0.2, 0) is 38.3 Å².